The molecule has 0 spiro atoms. The number of carbonyl (C=O) groups excluding carboxylic acids is 1. The van der Waals surface area contributed by atoms with Gasteiger partial charge < -0.3 is 14.8 Å². The van der Waals surface area contributed by atoms with Crippen molar-refractivity contribution in [1.82, 2.24) is 5.32 Å². The van der Waals surface area contributed by atoms with E-state index in [1.165, 1.54) is 0 Å². The highest BCUT2D eigenvalue weighted by atomic mass is 16.3. The predicted octanol–water partition coefficient (Wildman–Crippen LogP) is 3.72. The molecule has 1 atom stereocenters. The average molecular weight is 321 g/mol. The van der Waals surface area contributed by atoms with Gasteiger partial charge >= 0.3 is 0 Å². The first-order valence-electron chi connectivity index (χ1n) is 7.79. The van der Waals surface area contributed by atoms with Crippen LogP contribution in [0.25, 0.3) is 11.1 Å². The number of rotatable bonds is 5. The highest BCUT2D eigenvalue weighted by Gasteiger charge is 2.11. The number of hydrogen-bond acceptors (Lipinski definition) is 3. The first-order valence-corrected chi connectivity index (χ1v) is 7.79. The zero-order valence-electron chi connectivity index (χ0n) is 13.4. The fourth-order valence-electron chi connectivity index (χ4n) is 2.47. The third-order valence-corrected chi connectivity index (χ3v) is 3.90. The van der Waals surface area contributed by atoms with Crippen LogP contribution in [0.2, 0.25) is 0 Å². The number of aliphatic hydroxyl groups excluding tert-OH is 1. The van der Waals surface area contributed by atoms with Gasteiger partial charge in [0.2, 0.25) is 0 Å². The van der Waals surface area contributed by atoms with Gasteiger partial charge in [-0.15, -0.1) is 0 Å². The van der Waals surface area contributed by atoms with Gasteiger partial charge in [-0.1, -0.05) is 42.0 Å². The lowest BCUT2D eigenvalue weighted by Crippen LogP contribution is -2.28. The molecule has 0 aliphatic rings. The third-order valence-electron chi connectivity index (χ3n) is 3.90. The fourth-order valence-corrected chi connectivity index (χ4v) is 2.47. The smallest absolute Gasteiger partial charge is 0.251 e. The maximum absolute atomic E-state index is 12.3. The molecule has 1 aromatic heterocycles. The molecular weight excluding hydrogens is 302 g/mol. The molecule has 1 amide bonds. The molecule has 3 aromatic rings. The fraction of sp³-hybridized carbons (Fsp3) is 0.150. The number of hydrogen-bond donors (Lipinski definition) is 2. The summed E-state index contributed by atoms with van der Waals surface area (Å²) in [5, 5.41) is 13.0. The van der Waals surface area contributed by atoms with E-state index >= 15 is 0 Å². The van der Waals surface area contributed by atoms with Crippen molar-refractivity contribution in [3.8, 4) is 11.1 Å². The molecule has 0 saturated carbocycles. The zero-order chi connectivity index (χ0) is 16.9. The van der Waals surface area contributed by atoms with E-state index < -0.39 is 6.10 Å². The van der Waals surface area contributed by atoms with Crippen LogP contribution in [0.1, 0.15) is 27.6 Å². The van der Waals surface area contributed by atoms with Gasteiger partial charge in [0.1, 0.15) is 0 Å². The lowest BCUT2D eigenvalue weighted by molar-refractivity contribution is 0.0916. The number of furan rings is 1. The summed E-state index contributed by atoms with van der Waals surface area (Å²) in [5.74, 6) is -0.216. The van der Waals surface area contributed by atoms with Gasteiger partial charge in [-0.3, -0.25) is 4.79 Å². The summed E-state index contributed by atoms with van der Waals surface area (Å²) in [6.07, 6.45) is 2.50. The highest BCUT2D eigenvalue weighted by Crippen LogP contribution is 2.21. The Balaban J connectivity index is 1.65. The number of carbonyl (C=O) groups is 1. The van der Waals surface area contributed by atoms with Crippen molar-refractivity contribution in [2.75, 3.05) is 6.54 Å². The second-order valence-electron chi connectivity index (χ2n) is 5.73. The molecule has 0 bridgehead atoms. The van der Waals surface area contributed by atoms with Gasteiger partial charge in [0.05, 0.1) is 18.6 Å². The van der Waals surface area contributed by atoms with E-state index in [1.807, 2.05) is 49.4 Å². The van der Waals surface area contributed by atoms with E-state index in [1.54, 1.807) is 24.7 Å². The molecule has 1 heterocycles. The average Bonchev–Trinajstić information content (AvgIpc) is 3.15. The first kappa shape index (κ1) is 16.0. The summed E-state index contributed by atoms with van der Waals surface area (Å²) in [5.41, 5.74) is 4.30. The van der Waals surface area contributed by atoms with Gasteiger partial charge in [-0.25, -0.2) is 0 Å². The summed E-state index contributed by atoms with van der Waals surface area (Å²) >= 11 is 0. The molecule has 4 nitrogen and oxygen atoms in total. The molecule has 122 valence electrons. The van der Waals surface area contributed by atoms with Crippen molar-refractivity contribution >= 4 is 5.91 Å². The standard InChI is InChI=1S/C20H19NO3/c1-14-5-7-15(8-6-14)19(22)12-21-20(23)17-4-2-3-16(11-17)18-9-10-24-13-18/h2-11,13,19,22H,12H2,1H3,(H,21,23). The summed E-state index contributed by atoms with van der Waals surface area (Å²) in [6.45, 7) is 2.16. The molecule has 0 saturated heterocycles. The zero-order valence-corrected chi connectivity index (χ0v) is 13.4. The molecule has 2 aromatic carbocycles. The van der Waals surface area contributed by atoms with Crippen molar-refractivity contribution in [3.05, 3.63) is 83.8 Å². The van der Waals surface area contributed by atoms with Crippen LogP contribution in [0.15, 0.2) is 71.5 Å². The third kappa shape index (κ3) is 3.73. The van der Waals surface area contributed by atoms with E-state index in [2.05, 4.69) is 5.32 Å². The molecule has 4 heteroatoms. The number of amides is 1. The van der Waals surface area contributed by atoms with Crippen LogP contribution in [0.3, 0.4) is 0 Å². The summed E-state index contributed by atoms with van der Waals surface area (Å²) in [7, 11) is 0. The van der Waals surface area contributed by atoms with Crippen LogP contribution in [0, 0.1) is 6.92 Å². The maximum Gasteiger partial charge on any atom is 0.251 e. The van der Waals surface area contributed by atoms with Crippen molar-refractivity contribution in [1.29, 1.82) is 0 Å². The Kier molecular flexibility index (Phi) is 4.77. The van der Waals surface area contributed by atoms with E-state index in [0.29, 0.717) is 5.56 Å². The Bertz CT molecular complexity index is 807. The van der Waals surface area contributed by atoms with E-state index in [4.69, 9.17) is 4.42 Å². The molecule has 3 rings (SSSR count). The van der Waals surface area contributed by atoms with Crippen LogP contribution >= 0.6 is 0 Å². The minimum absolute atomic E-state index is 0.165. The Hall–Kier alpha value is -2.85. The van der Waals surface area contributed by atoms with Crippen molar-refractivity contribution < 1.29 is 14.3 Å². The second kappa shape index (κ2) is 7.15. The van der Waals surface area contributed by atoms with Crippen LogP contribution < -0.4 is 5.32 Å². The summed E-state index contributed by atoms with van der Waals surface area (Å²) in [6, 6.07) is 16.8. The predicted molar refractivity (Wildman–Crippen MR) is 92.6 cm³/mol. The molecule has 0 aliphatic heterocycles. The van der Waals surface area contributed by atoms with Crippen molar-refractivity contribution in [2.24, 2.45) is 0 Å². The Labute approximate surface area is 140 Å². The molecule has 1 unspecified atom stereocenters. The SMILES string of the molecule is Cc1ccc(C(O)CNC(=O)c2cccc(-c3ccoc3)c2)cc1. The molecule has 2 N–H and O–H groups in total. The summed E-state index contributed by atoms with van der Waals surface area (Å²) in [4.78, 5) is 12.3. The van der Waals surface area contributed by atoms with Crippen LogP contribution in [-0.2, 0) is 0 Å². The normalized spacial score (nSPS) is 11.9. The van der Waals surface area contributed by atoms with Gasteiger partial charge in [0, 0.05) is 17.7 Å². The molecule has 24 heavy (non-hydrogen) atoms. The molecule has 0 radical (unpaired) electrons. The minimum Gasteiger partial charge on any atom is -0.472 e. The Morgan fingerprint density at radius 2 is 1.92 bits per heavy atom. The topological polar surface area (TPSA) is 62.5 Å². The Morgan fingerprint density at radius 3 is 2.62 bits per heavy atom. The van der Waals surface area contributed by atoms with E-state index in [9.17, 15) is 9.90 Å². The van der Waals surface area contributed by atoms with Crippen LogP contribution in [0.5, 0.6) is 0 Å². The number of benzene rings is 2. The Morgan fingerprint density at radius 1 is 1.12 bits per heavy atom. The molecule has 0 fully saturated rings. The lowest BCUT2D eigenvalue weighted by Gasteiger charge is -2.13. The largest absolute Gasteiger partial charge is 0.472 e. The first-order chi connectivity index (χ1) is 11.6. The maximum atomic E-state index is 12.3. The number of aliphatic hydroxyl groups is 1. The van der Waals surface area contributed by atoms with E-state index in [-0.39, 0.29) is 12.5 Å². The van der Waals surface area contributed by atoms with Crippen LogP contribution in [-0.4, -0.2) is 17.6 Å². The quantitative estimate of drug-likeness (QED) is 0.753. The van der Waals surface area contributed by atoms with Crippen molar-refractivity contribution in [3.63, 3.8) is 0 Å². The van der Waals surface area contributed by atoms with Gasteiger partial charge in [0.15, 0.2) is 0 Å². The monoisotopic (exact) mass is 321 g/mol. The highest BCUT2D eigenvalue weighted by molar-refractivity contribution is 5.95. The summed E-state index contributed by atoms with van der Waals surface area (Å²) < 4.78 is 5.07. The second-order valence-corrected chi connectivity index (χ2v) is 5.73. The van der Waals surface area contributed by atoms with Gasteiger partial charge in [-0.05, 0) is 36.2 Å². The minimum atomic E-state index is -0.730. The van der Waals surface area contributed by atoms with Gasteiger partial charge in [0.25, 0.3) is 5.91 Å². The van der Waals surface area contributed by atoms with Crippen LogP contribution in [0.4, 0.5) is 0 Å². The van der Waals surface area contributed by atoms with Gasteiger partial charge in [-0.2, -0.15) is 0 Å². The molecule has 0 aliphatic carbocycles. The lowest BCUT2D eigenvalue weighted by atomic mass is 10.0. The number of aryl methyl sites for hydroxylation is 1. The number of nitrogens with one attached hydrogen (secondary N) is 1. The molecular formula is C20H19NO3. The van der Waals surface area contributed by atoms with Crippen molar-refractivity contribution in [2.45, 2.75) is 13.0 Å². The van der Waals surface area contributed by atoms with E-state index in [0.717, 1.165) is 22.3 Å².